The lowest BCUT2D eigenvalue weighted by Crippen LogP contribution is -2.13. The van der Waals surface area contributed by atoms with E-state index in [1.54, 1.807) is 6.08 Å². The molecule has 2 aromatic carbocycles. The number of fused-ring (bicyclic) bond motifs is 1. The van der Waals surface area contributed by atoms with Gasteiger partial charge in [-0.2, -0.15) is 0 Å². The van der Waals surface area contributed by atoms with Crippen LogP contribution in [0.3, 0.4) is 0 Å². The molecule has 0 spiro atoms. The topological polar surface area (TPSA) is 29.1 Å². The molecule has 0 heterocycles. The molecule has 130 valence electrons. The molecule has 0 fully saturated rings. The van der Waals surface area contributed by atoms with Crippen LogP contribution in [0.25, 0.3) is 6.08 Å². The highest BCUT2D eigenvalue weighted by Crippen LogP contribution is 2.28. The van der Waals surface area contributed by atoms with Crippen LogP contribution < -0.4 is 5.32 Å². The summed E-state index contributed by atoms with van der Waals surface area (Å²) >= 11 is 0. The molecule has 0 unspecified atom stereocenters. The Morgan fingerprint density at radius 1 is 1.00 bits per heavy atom. The fourth-order valence-corrected chi connectivity index (χ4v) is 3.34. The summed E-state index contributed by atoms with van der Waals surface area (Å²) in [4.78, 5) is 12.3. The maximum absolute atomic E-state index is 12.3. The number of carbonyl (C=O) groups excluding carboxylic acids is 1. The van der Waals surface area contributed by atoms with Crippen LogP contribution in [0.2, 0.25) is 0 Å². The van der Waals surface area contributed by atoms with E-state index in [0.717, 1.165) is 24.1 Å². The van der Waals surface area contributed by atoms with Crippen molar-refractivity contribution in [3.63, 3.8) is 0 Å². The zero-order valence-electron chi connectivity index (χ0n) is 15.4. The second-order valence-electron chi connectivity index (χ2n) is 7.84. The van der Waals surface area contributed by atoms with E-state index < -0.39 is 0 Å². The normalized spacial score (nSPS) is 14.4. The van der Waals surface area contributed by atoms with Gasteiger partial charge in [0.05, 0.1) is 0 Å². The predicted octanol–water partition coefficient (Wildman–Crippen LogP) is 5.51. The maximum atomic E-state index is 12.3. The fourth-order valence-electron chi connectivity index (χ4n) is 3.34. The Bertz CT molecular complexity index is 779. The first kappa shape index (κ1) is 17.5. The van der Waals surface area contributed by atoms with E-state index in [9.17, 15) is 4.79 Å². The molecule has 0 aromatic heterocycles. The summed E-state index contributed by atoms with van der Waals surface area (Å²) in [7, 11) is 0. The van der Waals surface area contributed by atoms with Gasteiger partial charge in [-0.15, -0.1) is 0 Å². The minimum absolute atomic E-state index is 0.0705. The highest BCUT2D eigenvalue weighted by atomic mass is 16.1. The molecule has 2 heteroatoms. The molecule has 0 atom stereocenters. The summed E-state index contributed by atoms with van der Waals surface area (Å²) in [5.41, 5.74) is 6.14. The predicted molar refractivity (Wildman–Crippen MR) is 106 cm³/mol. The quantitative estimate of drug-likeness (QED) is 0.737. The summed E-state index contributed by atoms with van der Waals surface area (Å²) < 4.78 is 0. The second kappa shape index (κ2) is 7.26. The number of benzene rings is 2. The standard InChI is InChI=1S/C23H27NO/c1-23(2,3)19-14-11-17(12-15-19)13-16-22(25)24-21-10-6-8-18-7-4-5-9-20(18)21/h6,8,10-16H,4-5,7,9H2,1-3H3,(H,24,25). The molecule has 0 saturated heterocycles. The smallest absolute Gasteiger partial charge is 0.248 e. The van der Waals surface area contributed by atoms with Crippen molar-refractivity contribution >= 4 is 17.7 Å². The van der Waals surface area contributed by atoms with Gasteiger partial charge in [-0.1, -0.05) is 57.2 Å². The van der Waals surface area contributed by atoms with Crippen molar-refractivity contribution in [3.8, 4) is 0 Å². The average molecular weight is 333 g/mol. The largest absolute Gasteiger partial charge is 0.322 e. The van der Waals surface area contributed by atoms with Crippen LogP contribution in [0, 0.1) is 0 Å². The third-order valence-corrected chi connectivity index (χ3v) is 4.86. The first-order valence-electron chi connectivity index (χ1n) is 9.14. The molecule has 2 aromatic rings. The highest BCUT2D eigenvalue weighted by Gasteiger charge is 2.14. The zero-order chi connectivity index (χ0) is 17.9. The zero-order valence-corrected chi connectivity index (χ0v) is 15.4. The maximum Gasteiger partial charge on any atom is 0.248 e. The number of aryl methyl sites for hydroxylation is 1. The molecular weight excluding hydrogens is 306 g/mol. The van der Waals surface area contributed by atoms with Crippen LogP contribution in [0.4, 0.5) is 5.69 Å². The van der Waals surface area contributed by atoms with E-state index in [4.69, 9.17) is 0 Å². The molecule has 1 N–H and O–H groups in total. The van der Waals surface area contributed by atoms with Crippen LogP contribution in [-0.4, -0.2) is 5.91 Å². The fraction of sp³-hybridized carbons (Fsp3) is 0.348. The molecule has 2 nitrogen and oxygen atoms in total. The number of nitrogens with one attached hydrogen (secondary N) is 1. The first-order chi connectivity index (χ1) is 11.9. The third-order valence-electron chi connectivity index (χ3n) is 4.86. The van der Waals surface area contributed by atoms with Crippen molar-refractivity contribution in [1.82, 2.24) is 0 Å². The number of hydrogen-bond donors (Lipinski definition) is 1. The lowest BCUT2D eigenvalue weighted by atomic mass is 9.87. The molecular formula is C23H27NO. The summed E-state index contributed by atoms with van der Waals surface area (Å²) in [5, 5.41) is 3.05. The molecule has 3 rings (SSSR count). The molecule has 25 heavy (non-hydrogen) atoms. The summed E-state index contributed by atoms with van der Waals surface area (Å²) in [6.45, 7) is 6.60. The molecule has 1 amide bonds. The molecule has 0 radical (unpaired) electrons. The number of carbonyl (C=O) groups is 1. The molecule has 0 saturated carbocycles. The number of anilines is 1. The Kier molecular flexibility index (Phi) is 5.08. The van der Waals surface area contributed by atoms with E-state index in [2.05, 4.69) is 56.4 Å². The molecule has 0 aliphatic heterocycles. The lowest BCUT2D eigenvalue weighted by Gasteiger charge is -2.19. The van der Waals surface area contributed by atoms with Gasteiger partial charge < -0.3 is 5.32 Å². The van der Waals surface area contributed by atoms with Crippen molar-refractivity contribution in [2.75, 3.05) is 5.32 Å². The van der Waals surface area contributed by atoms with Crippen LogP contribution in [0.1, 0.15) is 55.9 Å². The van der Waals surface area contributed by atoms with E-state index >= 15 is 0 Å². The van der Waals surface area contributed by atoms with Crippen molar-refractivity contribution in [1.29, 1.82) is 0 Å². The first-order valence-corrected chi connectivity index (χ1v) is 9.14. The van der Waals surface area contributed by atoms with Crippen LogP contribution in [0.15, 0.2) is 48.5 Å². The molecule has 1 aliphatic rings. The van der Waals surface area contributed by atoms with Crippen LogP contribution in [0.5, 0.6) is 0 Å². The Labute approximate surface area is 151 Å². The monoisotopic (exact) mass is 333 g/mol. The van der Waals surface area contributed by atoms with Gasteiger partial charge in [0.1, 0.15) is 0 Å². The Balaban J connectivity index is 1.68. The highest BCUT2D eigenvalue weighted by molar-refractivity contribution is 6.02. The number of rotatable bonds is 3. The van der Waals surface area contributed by atoms with Gasteiger partial charge in [0.15, 0.2) is 0 Å². The van der Waals surface area contributed by atoms with Crippen molar-refractivity contribution in [3.05, 3.63) is 70.8 Å². The Hall–Kier alpha value is -2.35. The van der Waals surface area contributed by atoms with Gasteiger partial charge in [-0.3, -0.25) is 4.79 Å². The minimum atomic E-state index is -0.0705. The van der Waals surface area contributed by atoms with Gasteiger partial charge in [0.2, 0.25) is 5.91 Å². The summed E-state index contributed by atoms with van der Waals surface area (Å²) in [5.74, 6) is -0.0705. The van der Waals surface area contributed by atoms with Crippen LogP contribution >= 0.6 is 0 Å². The van der Waals surface area contributed by atoms with E-state index in [0.29, 0.717) is 0 Å². The van der Waals surface area contributed by atoms with Gasteiger partial charge >= 0.3 is 0 Å². The van der Waals surface area contributed by atoms with E-state index in [1.165, 1.54) is 29.5 Å². The summed E-state index contributed by atoms with van der Waals surface area (Å²) in [6.07, 6.45) is 8.12. The Morgan fingerprint density at radius 2 is 1.72 bits per heavy atom. The molecule has 0 bridgehead atoms. The minimum Gasteiger partial charge on any atom is -0.322 e. The van der Waals surface area contributed by atoms with Gasteiger partial charge in [-0.25, -0.2) is 0 Å². The van der Waals surface area contributed by atoms with Gasteiger partial charge in [0, 0.05) is 11.8 Å². The number of amides is 1. The van der Waals surface area contributed by atoms with Gasteiger partial charge in [0.25, 0.3) is 0 Å². The van der Waals surface area contributed by atoms with E-state index in [-0.39, 0.29) is 11.3 Å². The third kappa shape index (κ3) is 4.39. The lowest BCUT2D eigenvalue weighted by molar-refractivity contribution is -0.111. The number of hydrogen-bond acceptors (Lipinski definition) is 1. The van der Waals surface area contributed by atoms with Gasteiger partial charge in [-0.05, 0) is 65.5 Å². The second-order valence-corrected chi connectivity index (χ2v) is 7.84. The SMILES string of the molecule is CC(C)(C)c1ccc(C=CC(=O)Nc2cccc3c2CCCC3)cc1. The van der Waals surface area contributed by atoms with Crippen molar-refractivity contribution < 1.29 is 4.79 Å². The van der Waals surface area contributed by atoms with Crippen molar-refractivity contribution in [2.24, 2.45) is 0 Å². The Morgan fingerprint density at radius 3 is 2.44 bits per heavy atom. The molecule has 1 aliphatic carbocycles. The average Bonchev–Trinajstić information content (AvgIpc) is 2.60. The van der Waals surface area contributed by atoms with Crippen LogP contribution in [-0.2, 0) is 23.1 Å². The van der Waals surface area contributed by atoms with E-state index in [1.807, 2.05) is 18.2 Å². The van der Waals surface area contributed by atoms with Crippen molar-refractivity contribution in [2.45, 2.75) is 51.9 Å². The summed E-state index contributed by atoms with van der Waals surface area (Å²) in [6, 6.07) is 14.6.